The van der Waals surface area contributed by atoms with Gasteiger partial charge in [0.25, 0.3) is 0 Å². The summed E-state index contributed by atoms with van der Waals surface area (Å²) in [7, 11) is 0. The smallest absolute Gasteiger partial charge is 0.180 e. The molecule has 0 rings (SSSR count). The van der Waals surface area contributed by atoms with Crippen LogP contribution >= 0.6 is 11.6 Å². The molecule has 3 atom stereocenters. The number of nitrogens with zero attached hydrogens (tertiary/aromatic N) is 1. The molecule has 0 bridgehead atoms. The van der Waals surface area contributed by atoms with Gasteiger partial charge in [0.1, 0.15) is 5.50 Å². The zero-order valence-corrected chi connectivity index (χ0v) is 14.6. The normalized spacial score (nSPS) is 18.0. The molecule has 0 spiro atoms. The van der Waals surface area contributed by atoms with E-state index >= 15 is 0 Å². The first-order valence-corrected chi connectivity index (χ1v) is 7.91. The number of amidine groups is 1. The zero-order valence-electron chi connectivity index (χ0n) is 13.8. The van der Waals surface area contributed by atoms with Crippen molar-refractivity contribution in [2.45, 2.75) is 52.1 Å². The van der Waals surface area contributed by atoms with E-state index in [9.17, 15) is 9.50 Å². The van der Waals surface area contributed by atoms with E-state index in [1.165, 1.54) is 0 Å². The maximum atomic E-state index is 13.8. The van der Waals surface area contributed by atoms with Gasteiger partial charge in [-0.05, 0) is 24.2 Å². The Balaban J connectivity index is 5.12. The molecule has 0 aliphatic carbocycles. The molecule has 0 aromatic rings. The first kappa shape index (κ1) is 21.1. The van der Waals surface area contributed by atoms with Crippen LogP contribution in [-0.2, 0) is 0 Å². The number of hydrogen-bond donors (Lipinski definition) is 4. The quantitative estimate of drug-likeness (QED) is 0.236. The summed E-state index contributed by atoms with van der Waals surface area (Å²) in [4.78, 5) is 4.24. The summed E-state index contributed by atoms with van der Waals surface area (Å²) in [5.74, 6) is -0.695. The molecule has 0 radical (unpaired) electrons. The molecule has 5 nitrogen and oxygen atoms in total. The van der Waals surface area contributed by atoms with Crippen molar-refractivity contribution in [2.24, 2.45) is 22.1 Å². The molecule has 0 aliphatic rings. The van der Waals surface area contributed by atoms with E-state index in [-0.39, 0.29) is 30.3 Å². The van der Waals surface area contributed by atoms with E-state index < -0.39 is 17.4 Å². The van der Waals surface area contributed by atoms with Crippen LogP contribution in [0.1, 0.15) is 40.5 Å². The molecule has 0 saturated heterocycles. The third kappa shape index (κ3) is 7.96. The number of nitrogens with one attached hydrogen (secondary N) is 1. The molecule has 0 amide bonds. The van der Waals surface area contributed by atoms with Gasteiger partial charge in [-0.3, -0.25) is 4.99 Å². The summed E-state index contributed by atoms with van der Waals surface area (Å²) >= 11 is 5.97. The van der Waals surface area contributed by atoms with Crippen LogP contribution in [0.5, 0.6) is 0 Å². The maximum Gasteiger partial charge on any atom is 0.180 e. The number of aliphatic hydroxyl groups is 2. The van der Waals surface area contributed by atoms with Gasteiger partial charge in [0.05, 0.1) is 12.7 Å². The Morgan fingerprint density at radius 2 is 2.05 bits per heavy atom. The zero-order chi connectivity index (χ0) is 17.3. The molecule has 0 aromatic heterocycles. The lowest BCUT2D eigenvalue weighted by Gasteiger charge is -2.31. The van der Waals surface area contributed by atoms with Gasteiger partial charge < -0.3 is 21.3 Å². The monoisotopic (exact) mass is 337 g/mol. The minimum absolute atomic E-state index is 0.0112. The first-order valence-electron chi connectivity index (χ1n) is 7.47. The fourth-order valence-electron chi connectivity index (χ4n) is 1.83. The van der Waals surface area contributed by atoms with Gasteiger partial charge in [0.15, 0.2) is 11.7 Å². The van der Waals surface area contributed by atoms with Crippen molar-refractivity contribution < 1.29 is 14.6 Å². The van der Waals surface area contributed by atoms with Gasteiger partial charge in [-0.2, -0.15) is 0 Å². The Bertz CT molecular complexity index is 383. The molecule has 7 heteroatoms. The van der Waals surface area contributed by atoms with E-state index in [0.717, 1.165) is 6.20 Å². The molecular formula is C15H29ClFN3O2. The highest BCUT2D eigenvalue weighted by molar-refractivity contribution is 6.21. The van der Waals surface area contributed by atoms with Crippen molar-refractivity contribution in [1.29, 1.82) is 0 Å². The number of aliphatic hydroxyl groups excluding tert-OH is 2. The Morgan fingerprint density at radius 1 is 1.45 bits per heavy atom. The molecule has 0 fully saturated rings. The lowest BCUT2D eigenvalue weighted by Crippen LogP contribution is -2.34. The van der Waals surface area contributed by atoms with Crippen molar-refractivity contribution in [3.05, 3.63) is 12.0 Å². The Morgan fingerprint density at radius 3 is 2.45 bits per heavy atom. The fraction of sp³-hybridized carbons (Fsp3) is 0.800. The Kier molecular flexibility index (Phi) is 9.64. The number of nitrogens with two attached hydrogens (primary N) is 1. The predicted molar refractivity (Wildman–Crippen MR) is 89.4 cm³/mol. The van der Waals surface area contributed by atoms with Crippen LogP contribution in [0.15, 0.2) is 17.0 Å². The van der Waals surface area contributed by atoms with Crippen molar-refractivity contribution in [3.63, 3.8) is 0 Å². The second-order valence-corrected chi connectivity index (χ2v) is 6.89. The van der Waals surface area contributed by atoms with Crippen LogP contribution in [0.3, 0.4) is 0 Å². The van der Waals surface area contributed by atoms with E-state index in [1.807, 2.05) is 27.7 Å². The Labute approximate surface area is 137 Å². The van der Waals surface area contributed by atoms with Gasteiger partial charge >= 0.3 is 0 Å². The first-order chi connectivity index (χ1) is 10.1. The highest BCUT2D eigenvalue weighted by atomic mass is 35.5. The average molecular weight is 338 g/mol. The molecule has 5 N–H and O–H groups in total. The summed E-state index contributed by atoms with van der Waals surface area (Å²) in [6.07, 6.45) is 0.995. The summed E-state index contributed by atoms with van der Waals surface area (Å²) in [6.45, 7) is 7.87. The fourth-order valence-corrected chi connectivity index (χ4v) is 1.93. The van der Waals surface area contributed by atoms with E-state index in [4.69, 9.17) is 22.4 Å². The molecular weight excluding hydrogens is 309 g/mol. The van der Waals surface area contributed by atoms with Crippen LogP contribution < -0.4 is 11.1 Å². The van der Waals surface area contributed by atoms with Gasteiger partial charge in [-0.25, -0.2) is 4.39 Å². The van der Waals surface area contributed by atoms with Crippen molar-refractivity contribution in [2.75, 3.05) is 13.2 Å². The number of hydrogen-bond acceptors (Lipinski definition) is 4. The highest BCUT2D eigenvalue weighted by Gasteiger charge is 2.27. The summed E-state index contributed by atoms with van der Waals surface area (Å²) < 4.78 is 13.8. The minimum atomic E-state index is -0.817. The van der Waals surface area contributed by atoms with Crippen LogP contribution in [-0.4, -0.2) is 40.8 Å². The van der Waals surface area contributed by atoms with Crippen LogP contribution in [0.25, 0.3) is 0 Å². The van der Waals surface area contributed by atoms with Crippen molar-refractivity contribution in [1.82, 2.24) is 5.32 Å². The molecule has 3 unspecified atom stereocenters. The number of halogens is 2. The van der Waals surface area contributed by atoms with Gasteiger partial charge in [0.2, 0.25) is 0 Å². The number of rotatable bonds is 8. The standard InChI is InChI=1S/C15H29ClFN3O2/c1-5-13(16)20-14(12(17)7-18)19-8-10(15(2,3)4)6-11(22)9-21/h7,10-11,13,21-22H,5-6,8-9,18H2,1-4H3,(H,19,20)/b12-7+. The topological polar surface area (TPSA) is 90.9 Å². The maximum absolute atomic E-state index is 13.8. The van der Waals surface area contributed by atoms with Gasteiger partial charge in [0, 0.05) is 12.7 Å². The third-order valence-corrected chi connectivity index (χ3v) is 3.90. The molecule has 0 aromatic carbocycles. The second kappa shape index (κ2) is 10.0. The lowest BCUT2D eigenvalue weighted by molar-refractivity contribution is 0.0553. The third-order valence-electron chi connectivity index (χ3n) is 3.49. The predicted octanol–water partition coefficient (Wildman–Crippen LogP) is 2.12. The summed E-state index contributed by atoms with van der Waals surface area (Å²) in [6, 6.07) is 0. The van der Waals surface area contributed by atoms with Crippen LogP contribution in [0, 0.1) is 11.3 Å². The minimum Gasteiger partial charge on any atom is -0.402 e. The lowest BCUT2D eigenvalue weighted by atomic mass is 9.77. The van der Waals surface area contributed by atoms with E-state index in [0.29, 0.717) is 12.8 Å². The Hall–Kier alpha value is -0.850. The number of alkyl halides is 1. The van der Waals surface area contributed by atoms with Crippen molar-refractivity contribution in [3.8, 4) is 0 Å². The van der Waals surface area contributed by atoms with Crippen LogP contribution in [0.4, 0.5) is 4.39 Å². The summed E-state index contributed by atoms with van der Waals surface area (Å²) in [5.41, 5.74) is 4.61. The van der Waals surface area contributed by atoms with Crippen molar-refractivity contribution >= 4 is 17.4 Å². The second-order valence-electron chi connectivity index (χ2n) is 6.36. The number of aliphatic imine (C=N–C) groups is 1. The van der Waals surface area contributed by atoms with Crippen LogP contribution in [0.2, 0.25) is 0 Å². The van der Waals surface area contributed by atoms with E-state index in [2.05, 4.69) is 10.3 Å². The molecule has 0 heterocycles. The average Bonchev–Trinajstić information content (AvgIpc) is 2.47. The van der Waals surface area contributed by atoms with E-state index in [1.54, 1.807) is 0 Å². The molecule has 130 valence electrons. The molecule has 0 saturated carbocycles. The summed E-state index contributed by atoms with van der Waals surface area (Å²) in [5, 5.41) is 21.4. The molecule has 22 heavy (non-hydrogen) atoms. The van der Waals surface area contributed by atoms with Gasteiger partial charge in [-0.1, -0.05) is 39.3 Å². The largest absolute Gasteiger partial charge is 0.402 e. The van der Waals surface area contributed by atoms with Gasteiger partial charge in [-0.15, -0.1) is 0 Å². The SMILES string of the molecule is CCC(Cl)NC(=NCC(CC(O)CO)C(C)(C)C)/C(F)=C\N. The highest BCUT2D eigenvalue weighted by Crippen LogP contribution is 2.30. The molecule has 0 aliphatic heterocycles.